The van der Waals surface area contributed by atoms with Gasteiger partial charge in [0.1, 0.15) is 0 Å². The van der Waals surface area contributed by atoms with Gasteiger partial charge in [-0.25, -0.2) is 0 Å². The molecule has 1 saturated heterocycles. The monoisotopic (exact) mass is 430 g/mol. The van der Waals surface area contributed by atoms with E-state index in [4.69, 9.17) is 4.74 Å². The first-order chi connectivity index (χ1) is 14.7. The zero-order valence-corrected chi connectivity index (χ0v) is 18.2. The number of fused-ring (bicyclic) bond motifs is 1. The van der Waals surface area contributed by atoms with E-state index in [1.807, 2.05) is 36.7 Å². The number of hydrogen-bond acceptors (Lipinski definition) is 2. The molecule has 1 fully saturated rings. The molecule has 2 aromatic carbocycles. The molecule has 0 spiro atoms. The summed E-state index contributed by atoms with van der Waals surface area (Å²) in [6.07, 6.45) is -1.13. The fourth-order valence-corrected chi connectivity index (χ4v) is 4.68. The molecule has 0 saturated carbocycles. The largest absolute Gasteiger partial charge is 0.416 e. The molecule has 1 aliphatic rings. The zero-order chi connectivity index (χ0) is 22.2. The number of benzene rings is 2. The van der Waals surface area contributed by atoms with Crippen molar-refractivity contribution in [2.75, 3.05) is 26.7 Å². The first-order valence-corrected chi connectivity index (χ1v) is 10.7. The second-order valence-corrected chi connectivity index (χ2v) is 8.83. The lowest BCUT2D eigenvalue weighted by Crippen LogP contribution is -2.44. The van der Waals surface area contributed by atoms with E-state index in [0.29, 0.717) is 17.6 Å². The van der Waals surface area contributed by atoms with Crippen molar-refractivity contribution in [2.24, 2.45) is 7.05 Å². The van der Waals surface area contributed by atoms with Crippen molar-refractivity contribution < 1.29 is 17.9 Å². The quantitative estimate of drug-likeness (QED) is 0.499. The molecule has 0 N–H and O–H groups in total. The average Bonchev–Trinajstić information content (AvgIpc) is 3.14. The first-order valence-electron chi connectivity index (χ1n) is 10.7. The van der Waals surface area contributed by atoms with Crippen molar-refractivity contribution in [1.29, 1.82) is 0 Å². The Labute approximate surface area is 181 Å². The molecule has 166 valence electrons. The summed E-state index contributed by atoms with van der Waals surface area (Å²) in [5, 5.41) is 0.583. The molecule has 1 unspecified atom stereocenters. The Bertz CT molecular complexity index is 1030. The maximum Gasteiger partial charge on any atom is 0.416 e. The Balaban J connectivity index is 1.65. The predicted molar refractivity (Wildman–Crippen MR) is 117 cm³/mol. The maximum atomic E-state index is 13.5. The molecule has 0 bridgehead atoms. The maximum absolute atomic E-state index is 13.5. The van der Waals surface area contributed by atoms with Crippen molar-refractivity contribution in [1.82, 2.24) is 9.47 Å². The number of ether oxygens (including phenoxy) is 1. The summed E-state index contributed by atoms with van der Waals surface area (Å²) in [6.45, 7) is 4.28. The summed E-state index contributed by atoms with van der Waals surface area (Å²) in [4.78, 5) is 2.31. The molecule has 1 aromatic heterocycles. The Morgan fingerprint density at radius 1 is 1.03 bits per heavy atom. The van der Waals surface area contributed by atoms with Gasteiger partial charge in [0, 0.05) is 29.6 Å². The highest BCUT2D eigenvalue weighted by atomic mass is 19.4. The van der Waals surface area contributed by atoms with E-state index in [9.17, 15) is 13.2 Å². The van der Waals surface area contributed by atoms with Crippen LogP contribution < -0.4 is 0 Å². The van der Waals surface area contributed by atoms with Crippen LogP contribution in [-0.2, 0) is 23.4 Å². The van der Waals surface area contributed by atoms with Gasteiger partial charge in [0.15, 0.2) is 0 Å². The summed E-state index contributed by atoms with van der Waals surface area (Å²) < 4.78 is 48.8. The van der Waals surface area contributed by atoms with E-state index in [2.05, 4.69) is 24.1 Å². The van der Waals surface area contributed by atoms with E-state index in [1.165, 1.54) is 17.7 Å². The van der Waals surface area contributed by atoms with E-state index in [0.717, 1.165) is 31.4 Å². The van der Waals surface area contributed by atoms with Crippen LogP contribution in [-0.4, -0.2) is 36.2 Å². The van der Waals surface area contributed by atoms with Crippen molar-refractivity contribution in [3.8, 4) is 0 Å². The Morgan fingerprint density at radius 3 is 2.35 bits per heavy atom. The first kappa shape index (κ1) is 21.9. The van der Waals surface area contributed by atoms with Crippen molar-refractivity contribution in [2.45, 2.75) is 37.5 Å². The summed E-state index contributed by atoms with van der Waals surface area (Å²) >= 11 is 0. The van der Waals surface area contributed by atoms with Gasteiger partial charge >= 0.3 is 6.18 Å². The Kier molecular flexibility index (Phi) is 5.88. The minimum Gasteiger partial charge on any atom is -0.373 e. The molecular formula is C25H29F3N2O. The molecule has 1 aliphatic heterocycles. The normalized spacial score (nSPS) is 18.4. The van der Waals surface area contributed by atoms with Crippen LogP contribution in [0.25, 0.3) is 10.9 Å². The fraction of sp³-hybridized carbons (Fsp3) is 0.440. The summed E-state index contributed by atoms with van der Waals surface area (Å²) in [5.74, 6) is 0. The zero-order valence-electron chi connectivity index (χ0n) is 18.2. The number of aryl methyl sites for hydroxylation is 1. The Hall–Kier alpha value is -2.31. The predicted octanol–water partition coefficient (Wildman–Crippen LogP) is 5.94. The van der Waals surface area contributed by atoms with Crippen molar-refractivity contribution in [3.05, 3.63) is 71.4 Å². The van der Waals surface area contributed by atoms with E-state index < -0.39 is 17.8 Å². The highest BCUT2D eigenvalue weighted by molar-refractivity contribution is 5.84. The van der Waals surface area contributed by atoms with Gasteiger partial charge in [-0.1, -0.05) is 30.3 Å². The van der Waals surface area contributed by atoms with Gasteiger partial charge in [0.2, 0.25) is 0 Å². The van der Waals surface area contributed by atoms with E-state index >= 15 is 0 Å². The second kappa shape index (κ2) is 8.32. The van der Waals surface area contributed by atoms with Gasteiger partial charge in [-0.05, 0) is 63.7 Å². The van der Waals surface area contributed by atoms with Crippen molar-refractivity contribution in [3.63, 3.8) is 0 Å². The molecule has 0 radical (unpaired) electrons. The third-order valence-electron chi connectivity index (χ3n) is 6.70. The van der Waals surface area contributed by atoms with Gasteiger partial charge in [0.05, 0.1) is 23.8 Å². The van der Waals surface area contributed by atoms with E-state index in [1.54, 1.807) is 12.3 Å². The van der Waals surface area contributed by atoms with Crippen LogP contribution in [0.5, 0.6) is 0 Å². The number of aromatic nitrogens is 1. The van der Waals surface area contributed by atoms with Crippen LogP contribution in [0.15, 0.2) is 54.7 Å². The molecular weight excluding hydrogens is 401 g/mol. The van der Waals surface area contributed by atoms with Crippen LogP contribution in [0.4, 0.5) is 13.2 Å². The van der Waals surface area contributed by atoms with E-state index in [-0.39, 0.29) is 5.41 Å². The highest BCUT2D eigenvalue weighted by Gasteiger charge is 2.37. The molecule has 3 nitrogen and oxygen atoms in total. The lowest BCUT2D eigenvalue weighted by molar-refractivity contribution is -0.137. The number of nitrogens with zero attached hydrogens (tertiary/aromatic N) is 2. The van der Waals surface area contributed by atoms with Gasteiger partial charge in [-0.3, -0.25) is 0 Å². The van der Waals surface area contributed by atoms with Crippen LogP contribution in [0.2, 0.25) is 0 Å². The standard InChI is InChI=1S/C25H29F3N2O/c1-18(22-16-21(25(26,27)28)15-19-9-12-30(3)23(19)22)31-17-24(10-13-29(2)14-11-24)20-7-5-4-6-8-20/h4-9,12,15-16,18H,10-11,13-14,17H2,1-3H3. The topological polar surface area (TPSA) is 17.4 Å². The summed E-state index contributed by atoms with van der Waals surface area (Å²) in [5.41, 5.74) is 1.85. The molecule has 2 heterocycles. The number of halogens is 3. The Morgan fingerprint density at radius 2 is 1.71 bits per heavy atom. The molecule has 31 heavy (non-hydrogen) atoms. The van der Waals surface area contributed by atoms with Gasteiger partial charge < -0.3 is 14.2 Å². The third-order valence-corrected chi connectivity index (χ3v) is 6.70. The smallest absolute Gasteiger partial charge is 0.373 e. The summed E-state index contributed by atoms with van der Waals surface area (Å²) in [7, 11) is 3.97. The third kappa shape index (κ3) is 4.37. The molecule has 3 aromatic rings. The number of piperidine rings is 1. The molecule has 1 atom stereocenters. The summed E-state index contributed by atoms with van der Waals surface area (Å²) in [6, 6.07) is 14.6. The van der Waals surface area contributed by atoms with Crippen LogP contribution in [0, 0.1) is 0 Å². The average molecular weight is 431 g/mol. The van der Waals surface area contributed by atoms with Crippen molar-refractivity contribution >= 4 is 10.9 Å². The van der Waals surface area contributed by atoms with Crippen LogP contribution >= 0.6 is 0 Å². The molecule has 4 rings (SSSR count). The fourth-order valence-electron chi connectivity index (χ4n) is 4.68. The minimum atomic E-state index is -4.39. The lowest BCUT2D eigenvalue weighted by Gasteiger charge is -2.41. The van der Waals surface area contributed by atoms with Gasteiger partial charge in [-0.2, -0.15) is 13.2 Å². The molecule has 6 heteroatoms. The van der Waals surface area contributed by atoms with Gasteiger partial charge in [-0.15, -0.1) is 0 Å². The highest BCUT2D eigenvalue weighted by Crippen LogP contribution is 2.39. The van der Waals surface area contributed by atoms with Crippen LogP contribution in [0.3, 0.4) is 0 Å². The second-order valence-electron chi connectivity index (χ2n) is 8.83. The van der Waals surface area contributed by atoms with Crippen LogP contribution in [0.1, 0.15) is 42.6 Å². The minimum absolute atomic E-state index is 0.128. The molecule has 0 aliphatic carbocycles. The SMILES string of the molecule is CC(OCC1(c2ccccc2)CCN(C)CC1)c1cc(C(F)(F)F)cc2ccn(C)c12. The number of hydrogen-bond donors (Lipinski definition) is 0. The number of likely N-dealkylation sites (tertiary alicyclic amines) is 1. The molecule has 0 amide bonds. The lowest BCUT2D eigenvalue weighted by atomic mass is 9.73. The number of rotatable bonds is 5. The number of alkyl halides is 3. The van der Waals surface area contributed by atoms with Gasteiger partial charge in [0.25, 0.3) is 0 Å².